The molecule has 0 heterocycles. The third-order valence-electron chi connectivity index (χ3n) is 2.42. The highest BCUT2D eigenvalue weighted by Gasteiger charge is 2.14. The number of amides is 1. The molecule has 6 heteroatoms. The number of thioether (sulfide) groups is 1. The highest BCUT2D eigenvalue weighted by molar-refractivity contribution is 8.01. The predicted molar refractivity (Wildman–Crippen MR) is 101 cm³/mol. The van der Waals surface area contributed by atoms with Gasteiger partial charge in [-0.15, -0.1) is 18.3 Å². The molecule has 0 aliphatic carbocycles. The van der Waals surface area contributed by atoms with Crippen LogP contribution in [0, 0.1) is 5.92 Å². The molecule has 0 saturated carbocycles. The molecule has 0 bridgehead atoms. The van der Waals surface area contributed by atoms with Crippen LogP contribution in [0.25, 0.3) is 0 Å². The fraction of sp³-hybridized carbons (Fsp3) is 0.647. The Kier molecular flexibility index (Phi) is 14.9. The van der Waals surface area contributed by atoms with Crippen molar-refractivity contribution in [1.29, 1.82) is 0 Å². The zero-order chi connectivity index (χ0) is 18.3. The van der Waals surface area contributed by atoms with E-state index in [1.54, 1.807) is 11.8 Å². The van der Waals surface area contributed by atoms with Gasteiger partial charge in [0.05, 0.1) is 12.3 Å². The van der Waals surface area contributed by atoms with Crippen molar-refractivity contribution in [3.05, 3.63) is 23.8 Å². The number of nitrogens with one attached hydrogen (secondary N) is 1. The Balaban J connectivity index is 0. The van der Waals surface area contributed by atoms with Crippen LogP contribution in [0.1, 0.15) is 34.1 Å². The summed E-state index contributed by atoms with van der Waals surface area (Å²) in [6.07, 6.45) is 4.40. The molecular formula is C17H32N2O3S. The number of hydrogen-bond donors (Lipinski definition) is 1. The molecule has 134 valence electrons. The van der Waals surface area contributed by atoms with Crippen LogP contribution < -0.4 is 5.32 Å². The van der Waals surface area contributed by atoms with Gasteiger partial charge in [-0.3, -0.25) is 4.99 Å². The van der Waals surface area contributed by atoms with Crippen LogP contribution in [0.15, 0.2) is 28.8 Å². The van der Waals surface area contributed by atoms with Gasteiger partial charge < -0.3 is 14.8 Å². The lowest BCUT2D eigenvalue weighted by molar-refractivity contribution is 0.0541. The maximum Gasteiger partial charge on any atom is 0.407 e. The van der Waals surface area contributed by atoms with Crippen LogP contribution in [0.2, 0.25) is 0 Å². The molecule has 0 spiro atoms. The Morgan fingerprint density at radius 2 is 2.04 bits per heavy atom. The van der Waals surface area contributed by atoms with Crippen molar-refractivity contribution in [2.45, 2.75) is 39.7 Å². The molecular weight excluding hydrogens is 312 g/mol. The second-order valence-corrected chi connectivity index (χ2v) is 6.28. The van der Waals surface area contributed by atoms with Crippen LogP contribution in [0.4, 0.5) is 4.79 Å². The molecule has 0 aromatic carbocycles. The summed E-state index contributed by atoms with van der Waals surface area (Å²) in [4.78, 5) is 14.5. The first-order chi connectivity index (χ1) is 10.7. The SMILES string of the molecule is C=CCC(COCC)/C(=C/SC)N=C.CNC(=O)OC(C)(C)C. The second-order valence-electron chi connectivity index (χ2n) is 5.57. The average molecular weight is 345 g/mol. The fourth-order valence-electron chi connectivity index (χ4n) is 1.45. The number of allylic oxidation sites excluding steroid dienone is 1. The summed E-state index contributed by atoms with van der Waals surface area (Å²) in [7, 11) is 1.54. The van der Waals surface area contributed by atoms with E-state index in [9.17, 15) is 4.79 Å². The van der Waals surface area contributed by atoms with E-state index in [4.69, 9.17) is 9.47 Å². The van der Waals surface area contributed by atoms with E-state index < -0.39 is 0 Å². The first kappa shape index (κ1) is 24.0. The summed E-state index contributed by atoms with van der Waals surface area (Å²) in [5.41, 5.74) is 0.603. The zero-order valence-corrected chi connectivity index (χ0v) is 16.2. The number of ether oxygens (including phenoxy) is 2. The van der Waals surface area contributed by atoms with Crippen LogP contribution in [-0.4, -0.2) is 44.9 Å². The van der Waals surface area contributed by atoms with Gasteiger partial charge in [0, 0.05) is 19.6 Å². The van der Waals surface area contributed by atoms with E-state index in [0.717, 1.165) is 18.7 Å². The number of alkyl carbamates (subject to hydrolysis) is 1. The number of carbonyl (C=O) groups excluding carboxylic acids is 1. The zero-order valence-electron chi connectivity index (χ0n) is 15.3. The third kappa shape index (κ3) is 15.4. The van der Waals surface area contributed by atoms with E-state index in [-0.39, 0.29) is 17.6 Å². The topological polar surface area (TPSA) is 59.9 Å². The smallest absolute Gasteiger partial charge is 0.407 e. The average Bonchev–Trinajstić information content (AvgIpc) is 2.48. The maximum atomic E-state index is 10.5. The summed E-state index contributed by atoms with van der Waals surface area (Å²) in [5, 5.41) is 4.37. The number of carbonyl (C=O) groups is 1. The number of rotatable bonds is 8. The first-order valence-corrected chi connectivity index (χ1v) is 8.83. The molecule has 0 aliphatic rings. The predicted octanol–water partition coefficient (Wildman–Crippen LogP) is 4.26. The molecule has 0 aromatic rings. The van der Waals surface area contributed by atoms with Gasteiger partial charge in [0.2, 0.25) is 0 Å². The minimum absolute atomic E-state index is 0.289. The van der Waals surface area contributed by atoms with E-state index in [2.05, 4.69) is 23.6 Å². The highest BCUT2D eigenvalue weighted by Crippen LogP contribution is 2.20. The van der Waals surface area contributed by atoms with Crippen molar-refractivity contribution >= 4 is 24.6 Å². The fourth-order valence-corrected chi connectivity index (χ4v) is 1.96. The third-order valence-corrected chi connectivity index (χ3v) is 2.89. The van der Waals surface area contributed by atoms with Crippen molar-refractivity contribution in [2.24, 2.45) is 10.9 Å². The summed E-state index contributed by atoms with van der Waals surface area (Å²) in [6.45, 7) is 16.2. The molecule has 0 saturated heterocycles. The molecule has 0 rings (SSSR count). The van der Waals surface area contributed by atoms with Crippen LogP contribution in [0.3, 0.4) is 0 Å². The summed E-state index contributed by atoms with van der Waals surface area (Å²) in [5.74, 6) is 0.289. The molecule has 0 radical (unpaired) electrons. The molecule has 0 aromatic heterocycles. The number of hydrogen-bond acceptors (Lipinski definition) is 5. The lowest BCUT2D eigenvalue weighted by Gasteiger charge is -2.18. The Labute approximate surface area is 145 Å². The van der Waals surface area contributed by atoms with Crippen molar-refractivity contribution in [3.8, 4) is 0 Å². The second kappa shape index (κ2) is 14.3. The summed E-state index contributed by atoms with van der Waals surface area (Å²) < 4.78 is 10.2. The lowest BCUT2D eigenvalue weighted by Crippen LogP contribution is -2.30. The summed E-state index contributed by atoms with van der Waals surface area (Å²) >= 11 is 1.64. The Morgan fingerprint density at radius 3 is 2.35 bits per heavy atom. The minimum atomic E-state index is -0.389. The van der Waals surface area contributed by atoms with Gasteiger partial charge in [0.1, 0.15) is 5.60 Å². The van der Waals surface area contributed by atoms with Crippen LogP contribution in [0.5, 0.6) is 0 Å². The van der Waals surface area contributed by atoms with Gasteiger partial charge in [0.15, 0.2) is 0 Å². The minimum Gasteiger partial charge on any atom is -0.444 e. The van der Waals surface area contributed by atoms with Gasteiger partial charge in [-0.25, -0.2) is 4.79 Å². The molecule has 5 nitrogen and oxygen atoms in total. The van der Waals surface area contributed by atoms with Crippen molar-refractivity contribution in [1.82, 2.24) is 5.32 Å². The largest absolute Gasteiger partial charge is 0.444 e. The molecule has 1 unspecified atom stereocenters. The standard InChI is InChI=1S/C11H19NOS.C6H13NO2/c1-5-7-10(8-13-6-2)11(12-3)9-14-4;1-6(2,3)9-5(8)7-4/h5,9-10H,1,3,6-8H2,2,4H3;1-4H3,(H,7,8)/b11-9-;. The van der Waals surface area contributed by atoms with Crippen molar-refractivity contribution in [2.75, 3.05) is 26.5 Å². The van der Waals surface area contributed by atoms with E-state index in [1.807, 2.05) is 45.4 Å². The van der Waals surface area contributed by atoms with Gasteiger partial charge in [-0.1, -0.05) is 6.08 Å². The number of nitrogens with zero attached hydrogens (tertiary/aromatic N) is 1. The van der Waals surface area contributed by atoms with E-state index in [1.165, 1.54) is 7.05 Å². The normalized spacial score (nSPS) is 12.5. The van der Waals surface area contributed by atoms with Gasteiger partial charge in [0.25, 0.3) is 0 Å². The van der Waals surface area contributed by atoms with E-state index >= 15 is 0 Å². The van der Waals surface area contributed by atoms with Gasteiger partial charge >= 0.3 is 6.09 Å². The molecule has 0 aliphatic heterocycles. The molecule has 1 amide bonds. The van der Waals surface area contributed by atoms with Crippen LogP contribution >= 0.6 is 11.8 Å². The van der Waals surface area contributed by atoms with E-state index in [0.29, 0.717) is 6.61 Å². The van der Waals surface area contributed by atoms with Gasteiger partial charge in [-0.2, -0.15) is 0 Å². The lowest BCUT2D eigenvalue weighted by atomic mass is 10.0. The number of aliphatic imine (C=N–C) groups is 1. The van der Waals surface area contributed by atoms with Crippen molar-refractivity contribution < 1.29 is 14.3 Å². The Morgan fingerprint density at radius 1 is 1.43 bits per heavy atom. The van der Waals surface area contributed by atoms with Crippen molar-refractivity contribution in [3.63, 3.8) is 0 Å². The maximum absolute atomic E-state index is 10.5. The van der Waals surface area contributed by atoms with Crippen LogP contribution in [-0.2, 0) is 9.47 Å². The van der Waals surface area contributed by atoms with Gasteiger partial charge in [-0.05, 0) is 52.5 Å². The Hall–Kier alpha value is -1.27. The highest BCUT2D eigenvalue weighted by atomic mass is 32.2. The first-order valence-electron chi connectivity index (χ1n) is 7.54. The molecule has 1 N–H and O–H groups in total. The molecule has 0 fully saturated rings. The Bertz CT molecular complexity index is 377. The monoisotopic (exact) mass is 344 g/mol. The quantitative estimate of drug-likeness (QED) is 0.528. The molecule has 1 atom stereocenters. The molecule has 23 heavy (non-hydrogen) atoms. The summed E-state index contributed by atoms with van der Waals surface area (Å²) in [6, 6.07) is 0.